The minimum Gasteiger partial charge on any atom is -0.317 e. The molecule has 1 rings (SSSR count). The van der Waals surface area contributed by atoms with E-state index in [1.807, 2.05) is 0 Å². The minimum absolute atomic E-state index is 0.721. The van der Waals surface area contributed by atoms with Gasteiger partial charge in [-0.25, -0.2) is 0 Å². The lowest BCUT2D eigenvalue weighted by Crippen LogP contribution is -2.26. The molecular formula is C8H18N2. The Morgan fingerprint density at radius 3 is 2.80 bits per heavy atom. The van der Waals surface area contributed by atoms with Crippen LogP contribution in [-0.2, 0) is 0 Å². The number of nitrogens with one attached hydrogen (secondary N) is 2. The fourth-order valence-electron chi connectivity index (χ4n) is 1.49. The standard InChI is InChI=1S/C8H18N2/c1-7-3-4-8(9-2)5-6-10-7/h7-10H,3-6H2,1-2H3/t7-,8?/m0/s1. The Hall–Kier alpha value is -0.0800. The molecule has 10 heavy (non-hydrogen) atoms. The van der Waals surface area contributed by atoms with E-state index in [9.17, 15) is 0 Å². The summed E-state index contributed by atoms with van der Waals surface area (Å²) in [5.41, 5.74) is 0. The van der Waals surface area contributed by atoms with Crippen molar-refractivity contribution in [3.8, 4) is 0 Å². The normalized spacial score (nSPS) is 35.4. The molecule has 1 aliphatic heterocycles. The molecule has 2 nitrogen and oxygen atoms in total. The summed E-state index contributed by atoms with van der Waals surface area (Å²) in [6.07, 6.45) is 3.91. The van der Waals surface area contributed by atoms with Gasteiger partial charge < -0.3 is 10.6 Å². The van der Waals surface area contributed by atoms with Gasteiger partial charge in [0.1, 0.15) is 0 Å². The maximum Gasteiger partial charge on any atom is 0.00767 e. The molecule has 1 heterocycles. The first-order chi connectivity index (χ1) is 4.83. The first-order valence-electron chi connectivity index (χ1n) is 4.23. The predicted molar refractivity (Wildman–Crippen MR) is 44.2 cm³/mol. The van der Waals surface area contributed by atoms with Crippen LogP contribution in [0.2, 0.25) is 0 Å². The van der Waals surface area contributed by atoms with E-state index in [1.165, 1.54) is 25.8 Å². The van der Waals surface area contributed by atoms with Gasteiger partial charge in [0.15, 0.2) is 0 Å². The third-order valence-corrected chi connectivity index (χ3v) is 2.34. The summed E-state index contributed by atoms with van der Waals surface area (Å²) in [6, 6.07) is 1.47. The lowest BCUT2D eigenvalue weighted by molar-refractivity contribution is 0.502. The molecular weight excluding hydrogens is 124 g/mol. The Kier molecular flexibility index (Phi) is 3.16. The molecule has 0 radical (unpaired) electrons. The third-order valence-electron chi connectivity index (χ3n) is 2.34. The van der Waals surface area contributed by atoms with Crippen molar-refractivity contribution in [3.63, 3.8) is 0 Å². The Balaban J connectivity index is 2.26. The van der Waals surface area contributed by atoms with Gasteiger partial charge in [-0.2, -0.15) is 0 Å². The summed E-state index contributed by atoms with van der Waals surface area (Å²) in [5.74, 6) is 0. The second kappa shape index (κ2) is 3.94. The van der Waals surface area contributed by atoms with E-state index in [4.69, 9.17) is 0 Å². The molecule has 1 fully saturated rings. The molecule has 2 N–H and O–H groups in total. The van der Waals surface area contributed by atoms with Gasteiger partial charge in [0.2, 0.25) is 0 Å². The molecule has 2 heteroatoms. The Morgan fingerprint density at radius 1 is 1.30 bits per heavy atom. The first-order valence-corrected chi connectivity index (χ1v) is 4.23. The van der Waals surface area contributed by atoms with Gasteiger partial charge in [-0.1, -0.05) is 0 Å². The molecule has 0 aromatic carbocycles. The summed E-state index contributed by atoms with van der Waals surface area (Å²) in [7, 11) is 2.06. The molecule has 1 aliphatic rings. The molecule has 0 spiro atoms. The van der Waals surface area contributed by atoms with Gasteiger partial charge in [0, 0.05) is 12.1 Å². The first kappa shape index (κ1) is 8.02. The van der Waals surface area contributed by atoms with Crippen molar-refractivity contribution in [2.24, 2.45) is 0 Å². The quantitative estimate of drug-likeness (QED) is 0.564. The smallest absolute Gasteiger partial charge is 0.00767 e. The van der Waals surface area contributed by atoms with Gasteiger partial charge in [0.05, 0.1) is 0 Å². The second-order valence-electron chi connectivity index (χ2n) is 3.21. The van der Waals surface area contributed by atoms with Crippen LogP contribution in [0.5, 0.6) is 0 Å². The zero-order chi connectivity index (χ0) is 7.40. The Bertz CT molecular complexity index is 93.3. The average Bonchev–Trinajstić information content (AvgIpc) is 2.14. The zero-order valence-electron chi connectivity index (χ0n) is 6.98. The van der Waals surface area contributed by atoms with Crippen molar-refractivity contribution < 1.29 is 0 Å². The average molecular weight is 142 g/mol. The SMILES string of the molecule is CNC1CCN[C@@H](C)CC1. The van der Waals surface area contributed by atoms with Crippen LogP contribution in [0.15, 0.2) is 0 Å². The predicted octanol–water partition coefficient (Wildman–Crippen LogP) is 0.736. The molecule has 2 atom stereocenters. The van der Waals surface area contributed by atoms with E-state index >= 15 is 0 Å². The molecule has 1 unspecified atom stereocenters. The molecule has 0 aromatic rings. The monoisotopic (exact) mass is 142 g/mol. The molecule has 60 valence electrons. The summed E-state index contributed by atoms with van der Waals surface area (Å²) in [5, 5.41) is 6.79. The molecule has 0 amide bonds. The highest BCUT2D eigenvalue weighted by molar-refractivity contribution is 4.74. The second-order valence-corrected chi connectivity index (χ2v) is 3.21. The van der Waals surface area contributed by atoms with Crippen LogP contribution in [0, 0.1) is 0 Å². The van der Waals surface area contributed by atoms with Gasteiger partial charge in [-0.15, -0.1) is 0 Å². The third kappa shape index (κ3) is 2.27. The summed E-state index contributed by atoms with van der Waals surface area (Å²) in [6.45, 7) is 3.44. The number of hydrogen-bond donors (Lipinski definition) is 2. The Morgan fingerprint density at radius 2 is 2.10 bits per heavy atom. The van der Waals surface area contributed by atoms with Gasteiger partial charge in [0.25, 0.3) is 0 Å². The van der Waals surface area contributed by atoms with E-state index in [2.05, 4.69) is 24.6 Å². The van der Waals surface area contributed by atoms with Crippen molar-refractivity contribution in [2.45, 2.75) is 38.3 Å². The van der Waals surface area contributed by atoms with Crippen LogP contribution in [0.4, 0.5) is 0 Å². The van der Waals surface area contributed by atoms with E-state index < -0.39 is 0 Å². The van der Waals surface area contributed by atoms with Crippen LogP contribution in [0.25, 0.3) is 0 Å². The van der Waals surface area contributed by atoms with Crippen molar-refractivity contribution in [2.75, 3.05) is 13.6 Å². The van der Waals surface area contributed by atoms with E-state index in [0.29, 0.717) is 0 Å². The van der Waals surface area contributed by atoms with Crippen molar-refractivity contribution in [3.05, 3.63) is 0 Å². The minimum atomic E-state index is 0.721. The summed E-state index contributed by atoms with van der Waals surface area (Å²) >= 11 is 0. The summed E-state index contributed by atoms with van der Waals surface area (Å²) < 4.78 is 0. The van der Waals surface area contributed by atoms with Gasteiger partial charge in [-0.05, 0) is 39.8 Å². The Labute approximate surface area is 63.4 Å². The lowest BCUT2D eigenvalue weighted by atomic mass is 10.1. The number of hydrogen-bond acceptors (Lipinski definition) is 2. The van der Waals surface area contributed by atoms with Crippen LogP contribution in [0.1, 0.15) is 26.2 Å². The maximum atomic E-state index is 3.47. The molecule has 0 bridgehead atoms. The van der Waals surface area contributed by atoms with Crippen molar-refractivity contribution >= 4 is 0 Å². The largest absolute Gasteiger partial charge is 0.317 e. The fourth-order valence-corrected chi connectivity index (χ4v) is 1.49. The molecule has 1 saturated heterocycles. The highest BCUT2D eigenvalue weighted by atomic mass is 14.9. The van der Waals surface area contributed by atoms with Gasteiger partial charge >= 0.3 is 0 Å². The van der Waals surface area contributed by atoms with Crippen molar-refractivity contribution in [1.82, 2.24) is 10.6 Å². The fraction of sp³-hybridized carbons (Fsp3) is 1.00. The molecule has 0 saturated carbocycles. The van der Waals surface area contributed by atoms with Crippen LogP contribution >= 0.6 is 0 Å². The van der Waals surface area contributed by atoms with Crippen LogP contribution in [0.3, 0.4) is 0 Å². The topological polar surface area (TPSA) is 24.1 Å². The maximum absolute atomic E-state index is 3.47. The zero-order valence-corrected chi connectivity index (χ0v) is 6.98. The summed E-state index contributed by atoms with van der Waals surface area (Å²) in [4.78, 5) is 0. The van der Waals surface area contributed by atoms with Crippen LogP contribution in [-0.4, -0.2) is 25.7 Å². The van der Waals surface area contributed by atoms with E-state index in [-0.39, 0.29) is 0 Å². The van der Waals surface area contributed by atoms with Gasteiger partial charge in [-0.3, -0.25) is 0 Å². The van der Waals surface area contributed by atoms with E-state index in [1.54, 1.807) is 0 Å². The highest BCUT2D eigenvalue weighted by Gasteiger charge is 2.12. The molecule has 0 aromatic heterocycles. The van der Waals surface area contributed by atoms with Crippen LogP contribution < -0.4 is 10.6 Å². The van der Waals surface area contributed by atoms with Crippen molar-refractivity contribution in [1.29, 1.82) is 0 Å². The van der Waals surface area contributed by atoms with E-state index in [0.717, 1.165) is 12.1 Å². The lowest BCUT2D eigenvalue weighted by Gasteiger charge is -2.10. The molecule has 0 aliphatic carbocycles. The highest BCUT2D eigenvalue weighted by Crippen LogP contribution is 2.08. The number of rotatable bonds is 1.